The summed E-state index contributed by atoms with van der Waals surface area (Å²) >= 11 is 0. The number of anilines is 1. The molecule has 4 heteroatoms. The second-order valence-corrected chi connectivity index (χ2v) is 6.08. The number of rotatable bonds is 3. The molecule has 0 saturated heterocycles. The molecule has 0 amide bonds. The Balaban J connectivity index is 2.35. The third-order valence-electron chi connectivity index (χ3n) is 2.89. The maximum atomic E-state index is 9.20. The van der Waals surface area contributed by atoms with Crippen LogP contribution in [0.25, 0.3) is 11.3 Å². The smallest absolute Gasteiger partial charge is 0.304 e. The summed E-state index contributed by atoms with van der Waals surface area (Å²) in [5.41, 5.74) is 2.03. The van der Waals surface area contributed by atoms with Crippen molar-refractivity contribution in [3.05, 3.63) is 35.9 Å². The van der Waals surface area contributed by atoms with Gasteiger partial charge in [0.05, 0.1) is 0 Å². The van der Waals surface area contributed by atoms with E-state index in [1.165, 1.54) is 0 Å². The van der Waals surface area contributed by atoms with Gasteiger partial charge in [-0.1, -0.05) is 0 Å². The summed E-state index contributed by atoms with van der Waals surface area (Å²) < 4.78 is 11.4. The van der Waals surface area contributed by atoms with E-state index in [1.807, 2.05) is 64.0 Å². The first-order valence-corrected chi connectivity index (χ1v) is 6.81. The van der Waals surface area contributed by atoms with Gasteiger partial charge in [0.15, 0.2) is 0 Å². The molecule has 1 aromatic carbocycles. The average molecular weight is 284 g/mol. The van der Waals surface area contributed by atoms with E-state index < -0.39 is 5.60 Å². The second-order valence-electron chi connectivity index (χ2n) is 6.08. The molecule has 2 rings (SSSR count). The SMILES string of the molecule is CN(C)c1ccc(-c2cc(C#N)c(OC(C)(C)C)o2)cc1. The van der Waals surface area contributed by atoms with Gasteiger partial charge >= 0.3 is 5.95 Å². The van der Waals surface area contributed by atoms with Crippen LogP contribution in [0.2, 0.25) is 0 Å². The van der Waals surface area contributed by atoms with E-state index in [2.05, 4.69) is 6.07 Å². The van der Waals surface area contributed by atoms with Crippen LogP contribution >= 0.6 is 0 Å². The predicted molar refractivity (Wildman–Crippen MR) is 83.6 cm³/mol. The van der Waals surface area contributed by atoms with Gasteiger partial charge in [0.2, 0.25) is 0 Å². The van der Waals surface area contributed by atoms with Crippen LogP contribution in [-0.2, 0) is 0 Å². The van der Waals surface area contributed by atoms with E-state index >= 15 is 0 Å². The van der Waals surface area contributed by atoms with Crippen molar-refractivity contribution in [2.45, 2.75) is 26.4 Å². The van der Waals surface area contributed by atoms with Crippen LogP contribution in [0.15, 0.2) is 34.7 Å². The zero-order chi connectivity index (χ0) is 15.6. The summed E-state index contributed by atoms with van der Waals surface area (Å²) in [6.07, 6.45) is 0. The van der Waals surface area contributed by atoms with Crippen LogP contribution < -0.4 is 9.64 Å². The molecule has 0 bridgehead atoms. The van der Waals surface area contributed by atoms with Crippen LogP contribution in [0.1, 0.15) is 26.3 Å². The van der Waals surface area contributed by atoms with Crippen molar-refractivity contribution in [2.75, 3.05) is 19.0 Å². The summed E-state index contributed by atoms with van der Waals surface area (Å²) in [7, 11) is 3.98. The highest BCUT2D eigenvalue weighted by molar-refractivity contribution is 5.64. The third kappa shape index (κ3) is 3.57. The van der Waals surface area contributed by atoms with Gasteiger partial charge in [-0.2, -0.15) is 5.26 Å². The van der Waals surface area contributed by atoms with Crippen LogP contribution in [0, 0.1) is 11.3 Å². The maximum absolute atomic E-state index is 9.20. The molecule has 0 aliphatic heterocycles. The Morgan fingerprint density at radius 1 is 1.14 bits per heavy atom. The number of furan rings is 1. The zero-order valence-electron chi connectivity index (χ0n) is 13.1. The Morgan fingerprint density at radius 3 is 2.24 bits per heavy atom. The predicted octanol–water partition coefficient (Wildman–Crippen LogP) is 4.06. The Kier molecular flexibility index (Phi) is 3.95. The fourth-order valence-electron chi connectivity index (χ4n) is 1.87. The molecule has 110 valence electrons. The Labute approximate surface area is 125 Å². The Morgan fingerprint density at radius 2 is 1.76 bits per heavy atom. The van der Waals surface area contributed by atoms with Crippen molar-refractivity contribution in [2.24, 2.45) is 0 Å². The Hall–Kier alpha value is -2.41. The molecule has 0 saturated carbocycles. The molecule has 0 fully saturated rings. The van der Waals surface area contributed by atoms with Gasteiger partial charge in [0.25, 0.3) is 0 Å². The summed E-state index contributed by atoms with van der Waals surface area (Å²) in [5, 5.41) is 9.20. The third-order valence-corrected chi connectivity index (χ3v) is 2.89. The molecule has 1 aromatic heterocycles. The molecule has 0 aliphatic rings. The summed E-state index contributed by atoms with van der Waals surface area (Å²) in [6.45, 7) is 5.76. The molecule has 2 aromatic rings. The van der Waals surface area contributed by atoms with E-state index in [1.54, 1.807) is 6.07 Å². The fourth-order valence-corrected chi connectivity index (χ4v) is 1.87. The van der Waals surface area contributed by atoms with Gasteiger partial charge in [0.1, 0.15) is 23.0 Å². The largest absolute Gasteiger partial charge is 0.458 e. The number of hydrogen-bond donors (Lipinski definition) is 0. The fraction of sp³-hybridized carbons (Fsp3) is 0.353. The van der Waals surface area contributed by atoms with Gasteiger partial charge in [-0.15, -0.1) is 0 Å². The lowest BCUT2D eigenvalue weighted by molar-refractivity contribution is 0.0957. The van der Waals surface area contributed by atoms with Gasteiger partial charge in [-0.3, -0.25) is 0 Å². The summed E-state index contributed by atoms with van der Waals surface area (Å²) in [4.78, 5) is 2.03. The van der Waals surface area contributed by atoms with Crippen LogP contribution in [-0.4, -0.2) is 19.7 Å². The quantitative estimate of drug-likeness (QED) is 0.852. The van der Waals surface area contributed by atoms with E-state index in [4.69, 9.17) is 9.15 Å². The van der Waals surface area contributed by atoms with Gasteiger partial charge < -0.3 is 14.1 Å². The maximum Gasteiger partial charge on any atom is 0.304 e. The van der Waals surface area contributed by atoms with E-state index in [9.17, 15) is 5.26 Å². The number of ether oxygens (including phenoxy) is 1. The molecule has 1 heterocycles. The topological polar surface area (TPSA) is 49.4 Å². The second kappa shape index (κ2) is 5.53. The average Bonchev–Trinajstić information content (AvgIpc) is 2.79. The van der Waals surface area contributed by atoms with Crippen LogP contribution in [0.5, 0.6) is 5.95 Å². The summed E-state index contributed by atoms with van der Waals surface area (Å²) in [6, 6.07) is 11.8. The molecule has 4 nitrogen and oxygen atoms in total. The van der Waals surface area contributed by atoms with Crippen molar-refractivity contribution >= 4 is 5.69 Å². The highest BCUT2D eigenvalue weighted by Crippen LogP contribution is 2.33. The molecular formula is C17H20N2O2. The van der Waals surface area contributed by atoms with Gasteiger partial charge in [0, 0.05) is 31.4 Å². The molecule has 0 unspecified atom stereocenters. The standard InChI is InChI=1S/C17H20N2O2/c1-17(2,3)21-16-13(11-18)10-15(20-16)12-6-8-14(9-7-12)19(4)5/h6-10H,1-5H3. The van der Waals surface area contributed by atoms with E-state index in [-0.39, 0.29) is 5.95 Å². The van der Waals surface area contributed by atoms with Crippen molar-refractivity contribution in [3.63, 3.8) is 0 Å². The molecule has 0 atom stereocenters. The number of nitrogens with zero attached hydrogens (tertiary/aromatic N) is 2. The molecular weight excluding hydrogens is 264 g/mol. The lowest BCUT2D eigenvalue weighted by Crippen LogP contribution is -2.23. The Bertz CT molecular complexity index is 656. The first kappa shape index (κ1) is 15.0. The zero-order valence-corrected chi connectivity index (χ0v) is 13.1. The number of hydrogen-bond acceptors (Lipinski definition) is 4. The number of benzene rings is 1. The number of nitriles is 1. The minimum atomic E-state index is -0.407. The lowest BCUT2D eigenvalue weighted by atomic mass is 10.1. The minimum Gasteiger partial charge on any atom is -0.458 e. The highest BCUT2D eigenvalue weighted by Gasteiger charge is 2.20. The monoisotopic (exact) mass is 284 g/mol. The van der Waals surface area contributed by atoms with E-state index in [0.29, 0.717) is 11.3 Å². The molecule has 0 N–H and O–H groups in total. The van der Waals surface area contributed by atoms with E-state index in [0.717, 1.165) is 11.3 Å². The van der Waals surface area contributed by atoms with Gasteiger partial charge in [-0.05, 0) is 45.0 Å². The molecule has 21 heavy (non-hydrogen) atoms. The highest BCUT2D eigenvalue weighted by atomic mass is 16.6. The molecule has 0 radical (unpaired) electrons. The summed E-state index contributed by atoms with van der Waals surface area (Å²) in [5.74, 6) is 0.910. The molecule has 0 spiro atoms. The first-order valence-electron chi connectivity index (χ1n) is 6.81. The van der Waals surface area contributed by atoms with Crippen molar-refractivity contribution in [1.82, 2.24) is 0 Å². The lowest BCUT2D eigenvalue weighted by Gasteiger charge is -2.18. The van der Waals surface area contributed by atoms with Gasteiger partial charge in [-0.25, -0.2) is 0 Å². The van der Waals surface area contributed by atoms with Crippen molar-refractivity contribution in [1.29, 1.82) is 5.26 Å². The van der Waals surface area contributed by atoms with Crippen LogP contribution in [0.4, 0.5) is 5.69 Å². The van der Waals surface area contributed by atoms with Crippen molar-refractivity contribution in [3.8, 4) is 23.3 Å². The van der Waals surface area contributed by atoms with Crippen molar-refractivity contribution < 1.29 is 9.15 Å². The van der Waals surface area contributed by atoms with Crippen LogP contribution in [0.3, 0.4) is 0 Å². The molecule has 0 aliphatic carbocycles. The first-order chi connectivity index (χ1) is 9.80. The normalized spacial score (nSPS) is 11.0. The minimum absolute atomic E-state index is 0.275.